The SMILES string of the molecule is CC(=O)C(CC(C)SC(C)C)S(=O)(=O)O. The lowest BCUT2D eigenvalue weighted by Crippen LogP contribution is -2.30. The van der Waals surface area contributed by atoms with Gasteiger partial charge >= 0.3 is 0 Å². The first-order chi connectivity index (χ1) is 6.64. The van der Waals surface area contributed by atoms with Crippen molar-refractivity contribution in [1.82, 2.24) is 0 Å². The third-order valence-electron chi connectivity index (χ3n) is 1.86. The number of Topliss-reactive ketones (excluding diaryl/α,β-unsaturated/α-hetero) is 1. The van der Waals surface area contributed by atoms with Crippen LogP contribution < -0.4 is 0 Å². The van der Waals surface area contributed by atoms with Crippen molar-refractivity contribution in [1.29, 1.82) is 0 Å². The lowest BCUT2D eigenvalue weighted by Gasteiger charge is -2.17. The maximum Gasteiger partial charge on any atom is 0.275 e. The molecule has 90 valence electrons. The van der Waals surface area contributed by atoms with Gasteiger partial charge in [-0.05, 0) is 18.6 Å². The molecule has 4 nitrogen and oxygen atoms in total. The van der Waals surface area contributed by atoms with Crippen LogP contribution >= 0.6 is 11.8 Å². The maximum atomic E-state index is 11.1. The minimum Gasteiger partial charge on any atom is -0.298 e. The summed E-state index contributed by atoms with van der Waals surface area (Å²) in [5.41, 5.74) is 0. The second-order valence-electron chi connectivity index (χ2n) is 3.85. The fourth-order valence-corrected chi connectivity index (χ4v) is 3.62. The summed E-state index contributed by atoms with van der Waals surface area (Å²) in [7, 11) is -4.26. The predicted molar refractivity (Wildman–Crippen MR) is 62.8 cm³/mol. The van der Waals surface area contributed by atoms with E-state index in [-0.39, 0.29) is 11.7 Å². The van der Waals surface area contributed by atoms with Crippen molar-refractivity contribution < 1.29 is 17.8 Å². The first-order valence-electron chi connectivity index (χ1n) is 4.76. The predicted octanol–water partition coefficient (Wildman–Crippen LogP) is 1.75. The Morgan fingerprint density at radius 1 is 1.33 bits per heavy atom. The molecule has 0 heterocycles. The summed E-state index contributed by atoms with van der Waals surface area (Å²) < 4.78 is 30.7. The Labute approximate surface area is 95.6 Å². The monoisotopic (exact) mass is 254 g/mol. The van der Waals surface area contributed by atoms with Gasteiger partial charge in [0.1, 0.15) is 11.0 Å². The number of carbonyl (C=O) groups is 1. The molecule has 0 spiro atoms. The molecule has 0 aromatic carbocycles. The molecule has 1 N–H and O–H groups in total. The highest BCUT2D eigenvalue weighted by Crippen LogP contribution is 2.23. The molecule has 0 bridgehead atoms. The number of hydrogen-bond acceptors (Lipinski definition) is 4. The third kappa shape index (κ3) is 6.17. The van der Waals surface area contributed by atoms with Crippen LogP contribution in [0.5, 0.6) is 0 Å². The van der Waals surface area contributed by atoms with E-state index in [1.54, 1.807) is 11.8 Å². The van der Waals surface area contributed by atoms with E-state index >= 15 is 0 Å². The first-order valence-corrected chi connectivity index (χ1v) is 7.21. The standard InChI is InChI=1S/C9H18O4S2/c1-6(2)14-7(3)5-9(8(4)10)15(11,12)13/h6-7,9H,5H2,1-4H3,(H,11,12,13). The van der Waals surface area contributed by atoms with Crippen LogP contribution in [0.3, 0.4) is 0 Å². The van der Waals surface area contributed by atoms with Crippen molar-refractivity contribution in [2.75, 3.05) is 0 Å². The zero-order valence-electron chi connectivity index (χ0n) is 9.43. The molecule has 0 fully saturated rings. The van der Waals surface area contributed by atoms with Gasteiger partial charge in [-0.3, -0.25) is 9.35 Å². The molecule has 0 aliphatic heterocycles. The highest BCUT2D eigenvalue weighted by Gasteiger charge is 2.29. The maximum absolute atomic E-state index is 11.1. The first kappa shape index (κ1) is 14.9. The summed E-state index contributed by atoms with van der Waals surface area (Å²) in [5.74, 6) is -0.506. The van der Waals surface area contributed by atoms with Crippen LogP contribution in [-0.2, 0) is 14.9 Å². The van der Waals surface area contributed by atoms with Gasteiger partial charge in [0.25, 0.3) is 10.1 Å². The zero-order valence-corrected chi connectivity index (χ0v) is 11.1. The van der Waals surface area contributed by atoms with Gasteiger partial charge in [0.2, 0.25) is 0 Å². The summed E-state index contributed by atoms with van der Waals surface area (Å²) in [5, 5.41) is -0.881. The van der Waals surface area contributed by atoms with Gasteiger partial charge in [0.05, 0.1) is 0 Å². The molecule has 0 aliphatic carbocycles. The molecular formula is C9H18O4S2. The Morgan fingerprint density at radius 3 is 2.07 bits per heavy atom. The molecule has 0 saturated carbocycles. The summed E-state index contributed by atoms with van der Waals surface area (Å²) in [4.78, 5) is 11.1. The summed E-state index contributed by atoms with van der Waals surface area (Å²) >= 11 is 1.59. The third-order valence-corrected chi connectivity index (χ3v) is 4.31. The van der Waals surface area contributed by atoms with Crippen LogP contribution in [0.1, 0.15) is 34.1 Å². The van der Waals surface area contributed by atoms with E-state index < -0.39 is 21.2 Å². The molecule has 0 aromatic rings. The van der Waals surface area contributed by atoms with Crippen LogP contribution in [-0.4, -0.2) is 34.5 Å². The average Bonchev–Trinajstić information content (AvgIpc) is 1.95. The van der Waals surface area contributed by atoms with E-state index in [0.29, 0.717) is 5.25 Å². The highest BCUT2D eigenvalue weighted by molar-refractivity contribution is 8.00. The van der Waals surface area contributed by atoms with Crippen molar-refractivity contribution >= 4 is 27.7 Å². The number of hydrogen-bond donors (Lipinski definition) is 1. The fraction of sp³-hybridized carbons (Fsp3) is 0.889. The minimum absolute atomic E-state index is 0.0285. The van der Waals surface area contributed by atoms with Crippen LogP contribution in [0.25, 0.3) is 0 Å². The van der Waals surface area contributed by atoms with Gasteiger partial charge in [-0.15, -0.1) is 0 Å². The van der Waals surface area contributed by atoms with Crippen molar-refractivity contribution in [2.24, 2.45) is 0 Å². The van der Waals surface area contributed by atoms with Crippen LogP contribution in [0.2, 0.25) is 0 Å². The Balaban J connectivity index is 4.51. The molecule has 0 aliphatic rings. The molecule has 0 aromatic heterocycles. The van der Waals surface area contributed by atoms with Crippen LogP contribution in [0, 0.1) is 0 Å². The topological polar surface area (TPSA) is 71.4 Å². The normalized spacial score (nSPS) is 16.4. The number of rotatable bonds is 6. The minimum atomic E-state index is -4.26. The van der Waals surface area contributed by atoms with Crippen molar-refractivity contribution in [3.63, 3.8) is 0 Å². The molecule has 2 atom stereocenters. The Kier molecular flexibility index (Phi) is 5.84. The lowest BCUT2D eigenvalue weighted by atomic mass is 10.2. The number of carbonyl (C=O) groups excluding carboxylic acids is 1. The largest absolute Gasteiger partial charge is 0.298 e. The van der Waals surface area contributed by atoms with E-state index in [4.69, 9.17) is 4.55 Å². The van der Waals surface area contributed by atoms with Gasteiger partial charge in [-0.1, -0.05) is 20.8 Å². The second kappa shape index (κ2) is 5.86. The fourth-order valence-electron chi connectivity index (χ4n) is 1.32. The Bertz CT molecular complexity index is 308. The van der Waals surface area contributed by atoms with Gasteiger partial charge in [0, 0.05) is 5.25 Å². The zero-order chi connectivity index (χ0) is 12.2. The average molecular weight is 254 g/mol. The van der Waals surface area contributed by atoms with Gasteiger partial charge < -0.3 is 0 Å². The molecule has 0 rings (SSSR count). The van der Waals surface area contributed by atoms with Gasteiger partial charge in [-0.2, -0.15) is 20.2 Å². The second-order valence-corrected chi connectivity index (χ2v) is 7.46. The van der Waals surface area contributed by atoms with E-state index in [1.165, 1.54) is 6.92 Å². The molecule has 6 heteroatoms. The summed E-state index contributed by atoms with van der Waals surface area (Å²) in [6.07, 6.45) is 0.164. The van der Waals surface area contributed by atoms with E-state index in [9.17, 15) is 13.2 Å². The quantitative estimate of drug-likeness (QED) is 0.731. The van der Waals surface area contributed by atoms with Crippen molar-refractivity contribution in [2.45, 2.75) is 49.9 Å². The molecule has 0 radical (unpaired) electrons. The summed E-state index contributed by atoms with van der Waals surface area (Å²) in [6, 6.07) is 0. The molecule has 0 amide bonds. The Morgan fingerprint density at radius 2 is 1.80 bits per heavy atom. The van der Waals surface area contributed by atoms with E-state index in [2.05, 4.69) is 0 Å². The van der Waals surface area contributed by atoms with E-state index in [0.717, 1.165) is 0 Å². The summed E-state index contributed by atoms with van der Waals surface area (Å²) in [6.45, 7) is 7.03. The van der Waals surface area contributed by atoms with Crippen molar-refractivity contribution in [3.05, 3.63) is 0 Å². The molecular weight excluding hydrogens is 236 g/mol. The Hall–Kier alpha value is -0.0700. The van der Waals surface area contributed by atoms with Gasteiger partial charge in [0.15, 0.2) is 0 Å². The number of ketones is 1. The highest BCUT2D eigenvalue weighted by atomic mass is 32.2. The molecule has 0 saturated heterocycles. The molecule has 2 unspecified atom stereocenters. The smallest absolute Gasteiger partial charge is 0.275 e. The lowest BCUT2D eigenvalue weighted by molar-refractivity contribution is -0.116. The van der Waals surface area contributed by atoms with Gasteiger partial charge in [-0.25, -0.2) is 0 Å². The van der Waals surface area contributed by atoms with Crippen LogP contribution in [0.4, 0.5) is 0 Å². The number of thioether (sulfide) groups is 1. The van der Waals surface area contributed by atoms with E-state index in [1.807, 2.05) is 20.8 Å². The van der Waals surface area contributed by atoms with Crippen LogP contribution in [0.15, 0.2) is 0 Å². The molecule has 15 heavy (non-hydrogen) atoms. The van der Waals surface area contributed by atoms with Crippen molar-refractivity contribution in [3.8, 4) is 0 Å².